The first kappa shape index (κ1) is 12.0. The highest BCUT2D eigenvalue weighted by atomic mass is 79.9. The van der Waals surface area contributed by atoms with Gasteiger partial charge in [0.25, 0.3) is 0 Å². The second-order valence-electron chi connectivity index (χ2n) is 3.90. The minimum Gasteiger partial charge on any atom is -0.256 e. The van der Waals surface area contributed by atoms with E-state index in [-0.39, 0.29) is 6.42 Å². The first-order chi connectivity index (χ1) is 8.08. The topological polar surface area (TPSA) is 60.2 Å². The summed E-state index contributed by atoms with van der Waals surface area (Å²) in [4.78, 5) is 20.7. The smallest absolute Gasteiger partial charge is 0.256 e. The van der Waals surface area contributed by atoms with Gasteiger partial charge in [0.05, 0.1) is 0 Å². The van der Waals surface area contributed by atoms with E-state index in [1.165, 1.54) is 0 Å². The Morgan fingerprint density at radius 2 is 2.24 bits per heavy atom. The zero-order valence-corrected chi connectivity index (χ0v) is 10.6. The number of benzene rings is 1. The fourth-order valence-corrected chi connectivity index (χ4v) is 2.33. The molecule has 0 bridgehead atoms. The minimum absolute atomic E-state index is 0.129. The Morgan fingerprint density at radius 3 is 2.94 bits per heavy atom. The molecule has 2 rings (SSSR count). The van der Waals surface area contributed by atoms with Crippen molar-refractivity contribution in [1.82, 2.24) is 0 Å². The predicted octanol–water partition coefficient (Wildman–Crippen LogP) is 2.97. The van der Waals surface area contributed by atoms with E-state index in [2.05, 4.69) is 15.9 Å². The first-order valence-corrected chi connectivity index (χ1v) is 6.02. The number of aryl methyl sites for hydroxylation is 1. The number of rotatable bonds is 2. The maximum Gasteiger partial charge on any atom is 0.449 e. The highest BCUT2D eigenvalue weighted by Gasteiger charge is 2.21. The molecule has 0 atom stereocenters. The molecule has 0 saturated heterocycles. The monoisotopic (exact) mass is 295 g/mol. The molecular weight excluding hydrogens is 286 g/mol. The largest absolute Gasteiger partial charge is 0.449 e. The summed E-state index contributed by atoms with van der Waals surface area (Å²) in [5.74, 6) is -0.955. The van der Waals surface area contributed by atoms with Crippen LogP contribution in [0.15, 0.2) is 28.7 Å². The van der Waals surface area contributed by atoms with E-state index in [0.717, 1.165) is 34.0 Å². The van der Waals surface area contributed by atoms with Crippen molar-refractivity contribution in [2.45, 2.75) is 19.3 Å². The lowest BCUT2D eigenvalue weighted by molar-refractivity contribution is -0.401. The van der Waals surface area contributed by atoms with Crippen molar-refractivity contribution >= 4 is 27.4 Å². The Bertz CT molecular complexity index is 522. The van der Waals surface area contributed by atoms with Crippen LogP contribution in [0.1, 0.15) is 24.0 Å². The van der Waals surface area contributed by atoms with Gasteiger partial charge in [-0.2, -0.15) is 0 Å². The standard InChI is InChI=1S/C12H10BrNO3/c13-10-5-4-8-2-1-3-9(11(8)7-10)6-12(15)14(16)17/h3-5,7H,1-2,6H2. The molecule has 17 heavy (non-hydrogen) atoms. The van der Waals surface area contributed by atoms with Crippen LogP contribution in [-0.4, -0.2) is 10.8 Å². The second kappa shape index (κ2) is 4.79. The van der Waals surface area contributed by atoms with Crippen LogP contribution in [0.3, 0.4) is 0 Å². The zero-order chi connectivity index (χ0) is 12.4. The van der Waals surface area contributed by atoms with Crippen LogP contribution in [0.25, 0.3) is 5.57 Å². The molecule has 1 aliphatic carbocycles. The molecule has 0 saturated carbocycles. The number of allylic oxidation sites excluding steroid dienone is 1. The van der Waals surface area contributed by atoms with Crippen LogP contribution < -0.4 is 0 Å². The SMILES string of the molecule is O=C(CC1=CCCc2ccc(Br)cc21)[N+](=O)[O-]. The van der Waals surface area contributed by atoms with Crippen LogP contribution in [0.4, 0.5) is 0 Å². The highest BCUT2D eigenvalue weighted by molar-refractivity contribution is 9.10. The maximum absolute atomic E-state index is 11.2. The van der Waals surface area contributed by atoms with Gasteiger partial charge in [0.15, 0.2) is 0 Å². The van der Waals surface area contributed by atoms with Crippen molar-refractivity contribution in [2.24, 2.45) is 0 Å². The Balaban J connectivity index is 2.32. The van der Waals surface area contributed by atoms with Crippen LogP contribution in [0.5, 0.6) is 0 Å². The third kappa shape index (κ3) is 2.61. The van der Waals surface area contributed by atoms with Crippen molar-refractivity contribution in [3.63, 3.8) is 0 Å². The molecule has 0 aromatic heterocycles. The summed E-state index contributed by atoms with van der Waals surface area (Å²) in [7, 11) is 0. The average Bonchev–Trinajstić information content (AvgIpc) is 2.29. The summed E-state index contributed by atoms with van der Waals surface area (Å²) in [6, 6.07) is 5.84. The van der Waals surface area contributed by atoms with E-state index in [4.69, 9.17) is 0 Å². The maximum atomic E-state index is 11.2. The number of amides is 1. The van der Waals surface area contributed by atoms with Crippen LogP contribution in [0, 0.1) is 10.1 Å². The molecule has 5 heteroatoms. The van der Waals surface area contributed by atoms with E-state index < -0.39 is 10.8 Å². The molecule has 0 heterocycles. The van der Waals surface area contributed by atoms with Gasteiger partial charge < -0.3 is 0 Å². The van der Waals surface area contributed by atoms with Crippen molar-refractivity contribution in [1.29, 1.82) is 0 Å². The molecule has 1 amide bonds. The quantitative estimate of drug-likeness (QED) is 0.622. The zero-order valence-electron chi connectivity index (χ0n) is 8.98. The number of hydrogen-bond donors (Lipinski definition) is 0. The van der Waals surface area contributed by atoms with E-state index >= 15 is 0 Å². The summed E-state index contributed by atoms with van der Waals surface area (Å²) in [6.07, 6.45) is 3.53. The van der Waals surface area contributed by atoms with Gasteiger partial charge in [-0.3, -0.25) is 10.1 Å². The van der Waals surface area contributed by atoms with Gasteiger partial charge >= 0.3 is 5.91 Å². The molecule has 0 aliphatic heterocycles. The number of carbonyl (C=O) groups is 1. The number of fused-ring (bicyclic) bond motifs is 1. The van der Waals surface area contributed by atoms with Crippen LogP contribution in [0.2, 0.25) is 0 Å². The Kier molecular flexibility index (Phi) is 3.38. The van der Waals surface area contributed by atoms with E-state index in [1.54, 1.807) is 0 Å². The predicted molar refractivity (Wildman–Crippen MR) is 67.1 cm³/mol. The molecular formula is C12H10BrNO3. The summed E-state index contributed by atoms with van der Waals surface area (Å²) in [5, 5.41) is 10.4. The number of halogens is 1. The molecule has 1 aromatic carbocycles. The van der Waals surface area contributed by atoms with Gasteiger partial charge in [-0.25, -0.2) is 4.79 Å². The van der Waals surface area contributed by atoms with E-state index in [0.29, 0.717) is 0 Å². The minimum atomic E-state index is -0.955. The lowest BCUT2D eigenvalue weighted by Crippen LogP contribution is -2.13. The van der Waals surface area contributed by atoms with Crippen LogP contribution in [-0.2, 0) is 11.2 Å². The molecule has 1 aliphatic rings. The molecule has 88 valence electrons. The van der Waals surface area contributed by atoms with Gasteiger partial charge in [-0.15, -0.1) is 0 Å². The number of nitrogens with zero attached hydrogens (tertiary/aromatic N) is 1. The summed E-state index contributed by atoms with van der Waals surface area (Å²) >= 11 is 3.37. The number of carbonyl (C=O) groups excluding carboxylic acids is 1. The van der Waals surface area contributed by atoms with Gasteiger partial charge in [0, 0.05) is 4.47 Å². The molecule has 0 radical (unpaired) electrons. The Hall–Kier alpha value is -1.49. The fraction of sp³-hybridized carbons (Fsp3) is 0.250. The summed E-state index contributed by atoms with van der Waals surface area (Å²) < 4.78 is 0.914. The van der Waals surface area contributed by atoms with Crippen molar-refractivity contribution in [3.05, 3.63) is 50.0 Å². The van der Waals surface area contributed by atoms with E-state index in [9.17, 15) is 14.9 Å². The van der Waals surface area contributed by atoms with Gasteiger partial charge in [0.1, 0.15) is 11.3 Å². The Morgan fingerprint density at radius 1 is 1.47 bits per heavy atom. The summed E-state index contributed by atoms with van der Waals surface area (Å²) in [5.41, 5.74) is 2.84. The number of hydrogen-bond acceptors (Lipinski definition) is 3. The molecule has 4 nitrogen and oxygen atoms in total. The van der Waals surface area contributed by atoms with Gasteiger partial charge in [-0.05, 0) is 41.7 Å². The second-order valence-corrected chi connectivity index (χ2v) is 4.81. The lowest BCUT2D eigenvalue weighted by atomic mass is 9.89. The molecule has 0 N–H and O–H groups in total. The van der Waals surface area contributed by atoms with Gasteiger partial charge in [0.2, 0.25) is 0 Å². The number of nitro groups is 1. The Labute approximate surface area is 107 Å². The van der Waals surface area contributed by atoms with E-state index in [1.807, 2.05) is 24.3 Å². The normalized spacial score (nSPS) is 13.8. The third-order valence-electron chi connectivity index (χ3n) is 2.77. The van der Waals surface area contributed by atoms with Gasteiger partial charge in [-0.1, -0.05) is 28.1 Å². The summed E-state index contributed by atoms with van der Waals surface area (Å²) in [6.45, 7) is 0. The third-order valence-corrected chi connectivity index (χ3v) is 3.26. The van der Waals surface area contributed by atoms with Crippen molar-refractivity contribution in [3.8, 4) is 0 Å². The van der Waals surface area contributed by atoms with Crippen molar-refractivity contribution < 1.29 is 9.72 Å². The molecule has 0 unspecified atom stereocenters. The fourth-order valence-electron chi connectivity index (χ4n) is 1.97. The molecule has 1 aromatic rings. The first-order valence-electron chi connectivity index (χ1n) is 5.23. The highest BCUT2D eigenvalue weighted by Crippen LogP contribution is 2.31. The lowest BCUT2D eigenvalue weighted by Gasteiger charge is -2.16. The molecule has 0 spiro atoms. The van der Waals surface area contributed by atoms with Crippen LogP contribution >= 0.6 is 15.9 Å². The average molecular weight is 296 g/mol. The molecule has 0 fully saturated rings. The van der Waals surface area contributed by atoms with Crippen molar-refractivity contribution in [2.75, 3.05) is 0 Å².